The molecule has 2 nitrogen and oxygen atoms in total. The zero-order chi connectivity index (χ0) is 12.1. The SMILES string of the molecule is O=Cc1ccc(SCc2ccncc2Cl)cc1. The molecule has 0 saturated heterocycles. The smallest absolute Gasteiger partial charge is 0.150 e. The van der Waals surface area contributed by atoms with Gasteiger partial charge in [-0.2, -0.15) is 0 Å². The molecule has 0 spiro atoms. The van der Waals surface area contributed by atoms with Crippen LogP contribution in [0.4, 0.5) is 0 Å². The lowest BCUT2D eigenvalue weighted by Gasteiger charge is -2.03. The first-order valence-electron chi connectivity index (χ1n) is 5.06. The van der Waals surface area contributed by atoms with E-state index in [-0.39, 0.29) is 0 Å². The highest BCUT2D eigenvalue weighted by atomic mass is 35.5. The molecule has 1 heterocycles. The molecule has 0 amide bonds. The van der Waals surface area contributed by atoms with Gasteiger partial charge in [-0.1, -0.05) is 23.7 Å². The van der Waals surface area contributed by atoms with Crippen molar-refractivity contribution in [2.45, 2.75) is 10.6 Å². The van der Waals surface area contributed by atoms with Gasteiger partial charge in [-0.3, -0.25) is 9.78 Å². The molecular weight excluding hydrogens is 254 g/mol. The number of halogens is 1. The van der Waals surface area contributed by atoms with Crippen LogP contribution in [0, 0.1) is 0 Å². The van der Waals surface area contributed by atoms with Crippen molar-refractivity contribution >= 4 is 29.6 Å². The number of nitrogens with zero attached hydrogens (tertiary/aromatic N) is 1. The van der Waals surface area contributed by atoms with Crippen molar-refractivity contribution in [3.8, 4) is 0 Å². The van der Waals surface area contributed by atoms with Crippen molar-refractivity contribution in [1.29, 1.82) is 0 Å². The Balaban J connectivity index is 2.02. The largest absolute Gasteiger partial charge is 0.298 e. The van der Waals surface area contributed by atoms with Crippen molar-refractivity contribution in [3.63, 3.8) is 0 Å². The van der Waals surface area contributed by atoms with Crippen molar-refractivity contribution in [1.82, 2.24) is 4.98 Å². The van der Waals surface area contributed by atoms with Crippen molar-refractivity contribution < 1.29 is 4.79 Å². The van der Waals surface area contributed by atoms with E-state index in [1.807, 2.05) is 30.3 Å². The van der Waals surface area contributed by atoms with Gasteiger partial charge in [0.25, 0.3) is 0 Å². The van der Waals surface area contributed by atoms with Gasteiger partial charge in [0.1, 0.15) is 6.29 Å². The first-order chi connectivity index (χ1) is 8.29. The third-order valence-corrected chi connectivity index (χ3v) is 3.67. The number of rotatable bonds is 4. The molecule has 1 aromatic carbocycles. The van der Waals surface area contributed by atoms with Crippen LogP contribution < -0.4 is 0 Å². The molecular formula is C13H10ClNOS. The van der Waals surface area contributed by atoms with Gasteiger partial charge in [-0.05, 0) is 23.8 Å². The molecule has 1 aromatic heterocycles. The minimum Gasteiger partial charge on any atom is -0.298 e. The van der Waals surface area contributed by atoms with Gasteiger partial charge in [0.2, 0.25) is 0 Å². The quantitative estimate of drug-likeness (QED) is 0.620. The molecule has 17 heavy (non-hydrogen) atoms. The Morgan fingerprint density at radius 1 is 1.24 bits per heavy atom. The Labute approximate surface area is 109 Å². The number of hydrogen-bond donors (Lipinski definition) is 0. The molecule has 2 aromatic rings. The van der Waals surface area contributed by atoms with Crippen molar-refractivity contribution in [3.05, 3.63) is 58.9 Å². The summed E-state index contributed by atoms with van der Waals surface area (Å²) in [4.78, 5) is 15.6. The third kappa shape index (κ3) is 3.32. The standard InChI is InChI=1S/C13H10ClNOS/c14-13-7-15-6-5-11(13)9-17-12-3-1-10(8-16)2-4-12/h1-8H,9H2. The molecule has 0 N–H and O–H groups in total. The monoisotopic (exact) mass is 263 g/mol. The fourth-order valence-electron chi connectivity index (χ4n) is 1.32. The number of pyridine rings is 1. The summed E-state index contributed by atoms with van der Waals surface area (Å²) in [7, 11) is 0. The predicted molar refractivity (Wildman–Crippen MR) is 70.6 cm³/mol. The Bertz CT molecular complexity index is 513. The van der Waals surface area contributed by atoms with Crippen LogP contribution in [0.5, 0.6) is 0 Å². The number of thioether (sulfide) groups is 1. The fraction of sp³-hybridized carbons (Fsp3) is 0.0769. The summed E-state index contributed by atoms with van der Waals surface area (Å²) >= 11 is 7.69. The second-order valence-electron chi connectivity index (χ2n) is 3.44. The summed E-state index contributed by atoms with van der Waals surface area (Å²) < 4.78 is 0. The highest BCUT2D eigenvalue weighted by Crippen LogP contribution is 2.26. The minimum atomic E-state index is 0.685. The van der Waals surface area contributed by atoms with Crippen LogP contribution >= 0.6 is 23.4 Å². The molecule has 0 atom stereocenters. The highest BCUT2D eigenvalue weighted by Gasteiger charge is 2.01. The average molecular weight is 264 g/mol. The second kappa shape index (κ2) is 5.84. The summed E-state index contributed by atoms with van der Waals surface area (Å²) in [6, 6.07) is 9.40. The van der Waals surface area contributed by atoms with Crippen LogP contribution in [0.15, 0.2) is 47.6 Å². The Hall–Kier alpha value is -1.32. The molecule has 0 aliphatic rings. The van der Waals surface area contributed by atoms with Gasteiger partial charge >= 0.3 is 0 Å². The maximum Gasteiger partial charge on any atom is 0.150 e. The molecule has 4 heteroatoms. The van der Waals surface area contributed by atoms with Gasteiger partial charge in [0.15, 0.2) is 0 Å². The first-order valence-corrected chi connectivity index (χ1v) is 6.42. The zero-order valence-electron chi connectivity index (χ0n) is 8.97. The molecule has 0 aliphatic heterocycles. The van der Waals surface area contributed by atoms with Gasteiger partial charge in [-0.15, -0.1) is 11.8 Å². The normalized spacial score (nSPS) is 10.2. The third-order valence-electron chi connectivity index (χ3n) is 2.27. The zero-order valence-corrected chi connectivity index (χ0v) is 10.5. The molecule has 0 bridgehead atoms. The lowest BCUT2D eigenvalue weighted by molar-refractivity contribution is 0.112. The number of aldehydes is 1. The minimum absolute atomic E-state index is 0.685. The van der Waals surface area contributed by atoms with E-state index in [0.717, 1.165) is 22.5 Å². The summed E-state index contributed by atoms with van der Waals surface area (Å²) in [5.74, 6) is 0.793. The van der Waals surface area contributed by atoms with Gasteiger partial charge in [0, 0.05) is 28.6 Å². The summed E-state index contributed by atoms with van der Waals surface area (Å²) in [6.45, 7) is 0. The summed E-state index contributed by atoms with van der Waals surface area (Å²) in [6.07, 6.45) is 4.22. The van der Waals surface area contributed by atoms with E-state index < -0.39 is 0 Å². The Morgan fingerprint density at radius 2 is 2.00 bits per heavy atom. The average Bonchev–Trinajstić information content (AvgIpc) is 2.38. The number of carbonyl (C=O) groups is 1. The maximum atomic E-state index is 10.5. The molecule has 2 rings (SSSR count). The van der Waals surface area contributed by atoms with E-state index >= 15 is 0 Å². The number of aromatic nitrogens is 1. The van der Waals surface area contributed by atoms with Crippen LogP contribution in [0.1, 0.15) is 15.9 Å². The van der Waals surface area contributed by atoms with Gasteiger partial charge in [-0.25, -0.2) is 0 Å². The molecule has 0 radical (unpaired) electrons. The van der Waals surface area contributed by atoms with E-state index in [9.17, 15) is 4.79 Å². The number of hydrogen-bond acceptors (Lipinski definition) is 3. The van der Waals surface area contributed by atoms with Crippen LogP contribution in [0.25, 0.3) is 0 Å². The molecule has 0 aliphatic carbocycles. The lowest BCUT2D eigenvalue weighted by Crippen LogP contribution is -1.84. The van der Waals surface area contributed by atoms with Crippen molar-refractivity contribution in [2.24, 2.45) is 0 Å². The number of benzene rings is 1. The van der Waals surface area contributed by atoms with E-state index in [1.54, 1.807) is 24.2 Å². The highest BCUT2D eigenvalue weighted by molar-refractivity contribution is 7.98. The summed E-state index contributed by atoms with van der Waals surface area (Å²) in [5, 5.41) is 0.685. The maximum absolute atomic E-state index is 10.5. The van der Waals surface area contributed by atoms with Crippen LogP contribution in [-0.2, 0) is 5.75 Å². The van der Waals surface area contributed by atoms with Crippen molar-refractivity contribution in [2.75, 3.05) is 0 Å². The van der Waals surface area contributed by atoms with Gasteiger partial charge < -0.3 is 0 Å². The molecule has 0 saturated carbocycles. The second-order valence-corrected chi connectivity index (χ2v) is 4.90. The summed E-state index contributed by atoms with van der Waals surface area (Å²) in [5.41, 5.74) is 1.75. The first kappa shape index (κ1) is 12.1. The predicted octanol–water partition coefficient (Wildman–Crippen LogP) is 3.84. The lowest BCUT2D eigenvalue weighted by atomic mass is 10.2. The van der Waals surface area contributed by atoms with Crippen LogP contribution in [0.2, 0.25) is 5.02 Å². The Morgan fingerprint density at radius 3 is 2.65 bits per heavy atom. The van der Waals surface area contributed by atoms with Crippen LogP contribution in [0.3, 0.4) is 0 Å². The topological polar surface area (TPSA) is 30.0 Å². The molecule has 0 unspecified atom stereocenters. The molecule has 0 fully saturated rings. The van der Waals surface area contributed by atoms with E-state index in [4.69, 9.17) is 11.6 Å². The van der Waals surface area contributed by atoms with E-state index in [2.05, 4.69) is 4.98 Å². The molecule has 86 valence electrons. The van der Waals surface area contributed by atoms with Gasteiger partial charge in [0.05, 0.1) is 5.02 Å². The Kier molecular flexibility index (Phi) is 4.18. The van der Waals surface area contributed by atoms with Crippen LogP contribution in [-0.4, -0.2) is 11.3 Å². The number of carbonyl (C=O) groups excluding carboxylic acids is 1. The van der Waals surface area contributed by atoms with E-state index in [1.165, 1.54) is 0 Å². The van der Waals surface area contributed by atoms with E-state index in [0.29, 0.717) is 10.6 Å². The fourth-order valence-corrected chi connectivity index (χ4v) is 2.49.